The topological polar surface area (TPSA) is 78.0 Å². The van der Waals surface area contributed by atoms with Crippen molar-refractivity contribution in [1.29, 1.82) is 0 Å². The summed E-state index contributed by atoms with van der Waals surface area (Å²) in [5.74, 6) is 0.499. The molecule has 1 aliphatic carbocycles. The lowest BCUT2D eigenvalue weighted by atomic mass is 10.0. The molecule has 0 bridgehead atoms. The van der Waals surface area contributed by atoms with Crippen molar-refractivity contribution < 1.29 is 9.90 Å². The van der Waals surface area contributed by atoms with Gasteiger partial charge in [-0.3, -0.25) is 4.79 Å². The molecule has 3 aromatic rings. The second kappa shape index (κ2) is 8.05. The van der Waals surface area contributed by atoms with Gasteiger partial charge in [0.2, 0.25) is 0 Å². The lowest BCUT2D eigenvalue weighted by molar-refractivity contribution is 0.0967. The number of imidazole rings is 1. The lowest BCUT2D eigenvalue weighted by Gasteiger charge is -2.06. The number of nitrogens with zero attached hydrogens (tertiary/aromatic N) is 1. The standard InChI is InChI=1S/C24H20ClN3O2/c1-14-11-16(15(2)29)7-9-20(14)23-27-21-10-8-17(12-22(21)28-23)24(30)26-19-6-4-3-5-18(25)13-19/h3-4,6-13,29H,2,5H2,1H3,(H,26,30)(H,27,28). The molecule has 30 heavy (non-hydrogen) atoms. The third-order valence-electron chi connectivity index (χ3n) is 4.85. The Morgan fingerprint density at radius 2 is 2.03 bits per heavy atom. The normalized spacial score (nSPS) is 13.5. The van der Waals surface area contributed by atoms with Gasteiger partial charge in [0, 0.05) is 33.8 Å². The molecule has 0 saturated heterocycles. The molecule has 0 atom stereocenters. The Morgan fingerprint density at radius 1 is 1.23 bits per heavy atom. The Bertz CT molecular complexity index is 1260. The van der Waals surface area contributed by atoms with E-state index in [0.29, 0.717) is 34.1 Å². The van der Waals surface area contributed by atoms with Crippen molar-refractivity contribution >= 4 is 34.3 Å². The summed E-state index contributed by atoms with van der Waals surface area (Å²) in [5, 5.41) is 13.1. The molecule has 150 valence electrons. The molecule has 1 heterocycles. The van der Waals surface area contributed by atoms with Crippen LogP contribution >= 0.6 is 11.6 Å². The minimum absolute atomic E-state index is 0.0281. The molecule has 1 amide bonds. The fourth-order valence-corrected chi connectivity index (χ4v) is 3.50. The fourth-order valence-electron chi connectivity index (χ4n) is 3.30. The zero-order valence-electron chi connectivity index (χ0n) is 16.4. The third kappa shape index (κ3) is 4.07. The van der Waals surface area contributed by atoms with Gasteiger partial charge in [-0.15, -0.1) is 0 Å². The first-order valence-corrected chi connectivity index (χ1v) is 9.82. The monoisotopic (exact) mass is 417 g/mol. The molecule has 3 N–H and O–H groups in total. The van der Waals surface area contributed by atoms with Crippen LogP contribution in [0.15, 0.2) is 78.0 Å². The number of aromatic amines is 1. The predicted octanol–water partition coefficient (Wildman–Crippen LogP) is 5.76. The second-order valence-electron chi connectivity index (χ2n) is 7.09. The number of carbonyl (C=O) groups is 1. The molecular formula is C24H20ClN3O2. The second-order valence-corrected chi connectivity index (χ2v) is 7.58. The van der Waals surface area contributed by atoms with Crippen molar-refractivity contribution in [1.82, 2.24) is 15.3 Å². The molecule has 6 heteroatoms. The number of H-pyrrole nitrogens is 1. The number of nitrogens with one attached hydrogen (secondary N) is 2. The average Bonchev–Trinajstić information content (AvgIpc) is 3.02. The number of rotatable bonds is 4. The summed E-state index contributed by atoms with van der Waals surface area (Å²) in [6.07, 6.45) is 8.01. The van der Waals surface area contributed by atoms with Gasteiger partial charge in [0.1, 0.15) is 11.6 Å². The molecule has 2 aromatic carbocycles. The van der Waals surface area contributed by atoms with Crippen LogP contribution in [0.4, 0.5) is 0 Å². The third-order valence-corrected chi connectivity index (χ3v) is 5.12. The Labute approximate surface area is 179 Å². The Balaban J connectivity index is 1.62. The molecular weight excluding hydrogens is 398 g/mol. The van der Waals surface area contributed by atoms with E-state index in [1.54, 1.807) is 24.3 Å². The fraction of sp³-hybridized carbons (Fsp3) is 0.0833. The van der Waals surface area contributed by atoms with Crippen molar-refractivity contribution in [2.24, 2.45) is 0 Å². The number of hydrogen-bond donors (Lipinski definition) is 3. The molecule has 0 fully saturated rings. The van der Waals surface area contributed by atoms with Gasteiger partial charge in [-0.2, -0.15) is 0 Å². The van der Waals surface area contributed by atoms with Gasteiger partial charge in [0.15, 0.2) is 0 Å². The number of amides is 1. The number of benzene rings is 2. The van der Waals surface area contributed by atoms with E-state index >= 15 is 0 Å². The number of hydrogen-bond acceptors (Lipinski definition) is 3. The van der Waals surface area contributed by atoms with Gasteiger partial charge in [-0.05, 0) is 48.9 Å². The average molecular weight is 418 g/mol. The van der Waals surface area contributed by atoms with Crippen molar-refractivity contribution in [2.45, 2.75) is 13.3 Å². The lowest BCUT2D eigenvalue weighted by Crippen LogP contribution is -2.21. The highest BCUT2D eigenvalue weighted by molar-refractivity contribution is 6.29. The number of carbonyl (C=O) groups excluding carboxylic acids is 1. The van der Waals surface area contributed by atoms with Crippen LogP contribution in [0.5, 0.6) is 0 Å². The van der Waals surface area contributed by atoms with E-state index in [0.717, 1.165) is 22.2 Å². The van der Waals surface area contributed by atoms with E-state index < -0.39 is 0 Å². The summed E-state index contributed by atoms with van der Waals surface area (Å²) in [5.41, 5.74) is 5.22. The summed E-state index contributed by atoms with van der Waals surface area (Å²) in [7, 11) is 0. The molecule has 0 aliphatic heterocycles. The van der Waals surface area contributed by atoms with Crippen LogP contribution in [0, 0.1) is 6.92 Å². The summed E-state index contributed by atoms with van der Waals surface area (Å²) in [6, 6.07) is 10.9. The number of aliphatic hydroxyl groups excluding tert-OH is 1. The highest BCUT2D eigenvalue weighted by Gasteiger charge is 2.13. The van der Waals surface area contributed by atoms with Crippen LogP contribution in [-0.4, -0.2) is 21.0 Å². The van der Waals surface area contributed by atoms with Crippen molar-refractivity contribution in [2.75, 3.05) is 0 Å². The van der Waals surface area contributed by atoms with Gasteiger partial charge in [-0.1, -0.05) is 42.5 Å². The number of aromatic nitrogens is 2. The smallest absolute Gasteiger partial charge is 0.255 e. The van der Waals surface area contributed by atoms with Gasteiger partial charge in [-0.25, -0.2) is 4.98 Å². The minimum Gasteiger partial charge on any atom is -0.508 e. The number of aliphatic hydroxyl groups is 1. The number of fused-ring (bicyclic) bond motifs is 1. The van der Waals surface area contributed by atoms with Crippen LogP contribution < -0.4 is 5.32 Å². The Hall–Kier alpha value is -3.57. The summed E-state index contributed by atoms with van der Waals surface area (Å²) in [4.78, 5) is 20.6. The Morgan fingerprint density at radius 3 is 2.80 bits per heavy atom. The largest absolute Gasteiger partial charge is 0.508 e. The zero-order chi connectivity index (χ0) is 21.3. The van der Waals surface area contributed by atoms with E-state index in [-0.39, 0.29) is 11.7 Å². The first-order valence-electron chi connectivity index (χ1n) is 9.44. The predicted molar refractivity (Wildman–Crippen MR) is 121 cm³/mol. The van der Waals surface area contributed by atoms with Crippen molar-refractivity contribution in [3.63, 3.8) is 0 Å². The minimum atomic E-state index is -0.225. The zero-order valence-corrected chi connectivity index (χ0v) is 17.1. The maximum atomic E-state index is 12.7. The first-order chi connectivity index (χ1) is 14.4. The maximum absolute atomic E-state index is 12.7. The number of allylic oxidation sites excluding steroid dienone is 5. The van der Waals surface area contributed by atoms with Gasteiger partial charge >= 0.3 is 0 Å². The van der Waals surface area contributed by atoms with E-state index in [1.807, 2.05) is 43.4 Å². The maximum Gasteiger partial charge on any atom is 0.255 e. The van der Waals surface area contributed by atoms with E-state index in [4.69, 9.17) is 11.6 Å². The van der Waals surface area contributed by atoms with Crippen molar-refractivity contribution in [3.05, 3.63) is 94.7 Å². The molecule has 4 rings (SSSR count). The molecule has 5 nitrogen and oxygen atoms in total. The Kier molecular flexibility index (Phi) is 5.29. The molecule has 0 radical (unpaired) electrons. The molecule has 1 aliphatic rings. The van der Waals surface area contributed by atoms with Crippen LogP contribution in [0.3, 0.4) is 0 Å². The van der Waals surface area contributed by atoms with E-state index in [2.05, 4.69) is 21.9 Å². The quantitative estimate of drug-likeness (QED) is 0.472. The van der Waals surface area contributed by atoms with Crippen LogP contribution in [-0.2, 0) is 0 Å². The highest BCUT2D eigenvalue weighted by atomic mass is 35.5. The summed E-state index contributed by atoms with van der Waals surface area (Å²) >= 11 is 6.11. The summed E-state index contributed by atoms with van der Waals surface area (Å²) in [6.45, 7) is 5.50. The van der Waals surface area contributed by atoms with E-state index in [1.165, 1.54) is 0 Å². The van der Waals surface area contributed by atoms with Crippen LogP contribution in [0.25, 0.3) is 28.2 Å². The van der Waals surface area contributed by atoms with Crippen LogP contribution in [0.2, 0.25) is 0 Å². The highest BCUT2D eigenvalue weighted by Crippen LogP contribution is 2.26. The van der Waals surface area contributed by atoms with Crippen molar-refractivity contribution in [3.8, 4) is 11.4 Å². The molecule has 0 unspecified atom stereocenters. The van der Waals surface area contributed by atoms with Gasteiger partial charge in [0.05, 0.1) is 11.0 Å². The SMILES string of the molecule is C=C(O)c1ccc(-c2nc3ccc(C(=O)NC4=CC=CCC(Cl)=C4)cc3[nH]2)c(C)c1. The number of aryl methyl sites for hydroxylation is 1. The van der Waals surface area contributed by atoms with Crippen LogP contribution in [0.1, 0.15) is 27.9 Å². The van der Waals surface area contributed by atoms with Gasteiger partial charge < -0.3 is 15.4 Å². The molecule has 1 aromatic heterocycles. The first kappa shape index (κ1) is 19.7. The van der Waals surface area contributed by atoms with Gasteiger partial charge in [0.25, 0.3) is 5.91 Å². The number of halogens is 1. The van der Waals surface area contributed by atoms with E-state index in [9.17, 15) is 9.90 Å². The molecule has 0 spiro atoms. The molecule has 0 saturated carbocycles. The summed E-state index contributed by atoms with van der Waals surface area (Å²) < 4.78 is 0.